The lowest BCUT2D eigenvalue weighted by Crippen LogP contribution is -2.13. The van der Waals surface area contributed by atoms with Gasteiger partial charge in [-0.1, -0.05) is 0 Å². The van der Waals surface area contributed by atoms with Crippen molar-refractivity contribution in [1.82, 2.24) is 0 Å². The number of nitrogens with two attached hydrogens (primary N) is 1. The Labute approximate surface area is 133 Å². The Hall–Kier alpha value is -2.96. The number of carbonyl (C=O) groups excluding carboxylic acids is 1. The summed E-state index contributed by atoms with van der Waals surface area (Å²) in [5, 5.41) is 2.58. The van der Waals surface area contributed by atoms with Crippen LogP contribution in [0.15, 0.2) is 30.3 Å². The normalized spacial score (nSPS) is 10.1. The number of hydrogen-bond acceptors (Lipinski definition) is 5. The number of hydrogen-bond donors (Lipinski definition) is 2. The van der Waals surface area contributed by atoms with Gasteiger partial charge in [0.1, 0.15) is 5.82 Å². The number of methoxy groups -OCH3 is 3. The highest BCUT2D eigenvalue weighted by Crippen LogP contribution is 2.38. The van der Waals surface area contributed by atoms with Gasteiger partial charge < -0.3 is 25.3 Å². The monoisotopic (exact) mass is 320 g/mol. The van der Waals surface area contributed by atoms with Gasteiger partial charge in [0.05, 0.1) is 27.0 Å². The van der Waals surface area contributed by atoms with Gasteiger partial charge in [-0.25, -0.2) is 4.39 Å². The maximum absolute atomic E-state index is 13.4. The van der Waals surface area contributed by atoms with Crippen LogP contribution in [0.2, 0.25) is 0 Å². The molecule has 0 atom stereocenters. The second-order valence-corrected chi connectivity index (χ2v) is 4.60. The fourth-order valence-electron chi connectivity index (χ4n) is 2.02. The van der Waals surface area contributed by atoms with Gasteiger partial charge in [0.25, 0.3) is 5.91 Å². The van der Waals surface area contributed by atoms with Crippen molar-refractivity contribution in [2.24, 2.45) is 0 Å². The van der Waals surface area contributed by atoms with Crippen molar-refractivity contribution in [3.8, 4) is 17.2 Å². The molecule has 0 aromatic heterocycles. The van der Waals surface area contributed by atoms with E-state index in [9.17, 15) is 9.18 Å². The highest BCUT2D eigenvalue weighted by molar-refractivity contribution is 6.05. The third-order valence-corrected chi connectivity index (χ3v) is 3.19. The second-order valence-electron chi connectivity index (χ2n) is 4.60. The summed E-state index contributed by atoms with van der Waals surface area (Å²) in [4.78, 5) is 12.3. The lowest BCUT2D eigenvalue weighted by Gasteiger charge is -2.14. The van der Waals surface area contributed by atoms with Crippen LogP contribution in [-0.4, -0.2) is 27.2 Å². The maximum atomic E-state index is 13.4. The third kappa shape index (κ3) is 3.45. The molecular formula is C16H17FN2O4. The molecular weight excluding hydrogens is 303 g/mol. The van der Waals surface area contributed by atoms with Crippen LogP contribution in [0.5, 0.6) is 17.2 Å². The zero-order valence-electron chi connectivity index (χ0n) is 13.0. The summed E-state index contributed by atoms with van der Waals surface area (Å²) in [7, 11) is 4.37. The molecule has 0 aliphatic rings. The van der Waals surface area contributed by atoms with E-state index >= 15 is 0 Å². The summed E-state index contributed by atoms with van der Waals surface area (Å²) in [5.74, 6) is 0.0205. The Morgan fingerprint density at radius 3 is 2.13 bits per heavy atom. The van der Waals surface area contributed by atoms with Crippen molar-refractivity contribution in [3.05, 3.63) is 41.7 Å². The minimum absolute atomic E-state index is 0.00999. The SMILES string of the molecule is COc1cc(C(=O)Nc2ccc(N)c(F)c2)cc(OC)c1OC. The molecule has 0 fully saturated rings. The summed E-state index contributed by atoms with van der Waals surface area (Å²) in [5.41, 5.74) is 5.98. The lowest BCUT2D eigenvalue weighted by molar-refractivity contribution is 0.102. The van der Waals surface area contributed by atoms with Crippen LogP contribution < -0.4 is 25.3 Å². The number of amides is 1. The number of nitrogens with one attached hydrogen (secondary N) is 1. The van der Waals surface area contributed by atoms with E-state index in [0.717, 1.165) is 6.07 Å². The van der Waals surface area contributed by atoms with Gasteiger partial charge in [-0.05, 0) is 30.3 Å². The van der Waals surface area contributed by atoms with E-state index in [1.807, 2.05) is 0 Å². The first-order valence-electron chi connectivity index (χ1n) is 6.66. The van der Waals surface area contributed by atoms with E-state index in [0.29, 0.717) is 17.2 Å². The Morgan fingerprint density at radius 2 is 1.65 bits per heavy atom. The van der Waals surface area contributed by atoms with Crippen molar-refractivity contribution >= 4 is 17.3 Å². The first kappa shape index (κ1) is 16.4. The summed E-state index contributed by atoms with van der Waals surface area (Å²) >= 11 is 0. The molecule has 0 aliphatic heterocycles. The standard InChI is InChI=1S/C16H17FN2O4/c1-21-13-6-9(7-14(22-2)15(13)23-3)16(20)19-10-4-5-12(18)11(17)8-10/h4-8H,18H2,1-3H3,(H,19,20). The minimum Gasteiger partial charge on any atom is -0.493 e. The number of anilines is 2. The van der Waals surface area contributed by atoms with Crippen LogP contribution in [0.1, 0.15) is 10.4 Å². The minimum atomic E-state index is -0.604. The summed E-state index contributed by atoms with van der Waals surface area (Å²) in [6, 6.07) is 7.04. The molecule has 3 N–H and O–H groups in total. The first-order valence-corrected chi connectivity index (χ1v) is 6.66. The molecule has 0 spiro atoms. The summed E-state index contributed by atoms with van der Waals surface area (Å²) < 4.78 is 29.0. The molecule has 23 heavy (non-hydrogen) atoms. The largest absolute Gasteiger partial charge is 0.493 e. The lowest BCUT2D eigenvalue weighted by atomic mass is 10.1. The van der Waals surface area contributed by atoms with E-state index < -0.39 is 11.7 Å². The number of halogens is 1. The van der Waals surface area contributed by atoms with Gasteiger partial charge in [0.15, 0.2) is 11.5 Å². The van der Waals surface area contributed by atoms with Crippen molar-refractivity contribution in [2.75, 3.05) is 32.4 Å². The molecule has 7 heteroatoms. The molecule has 122 valence electrons. The predicted molar refractivity (Wildman–Crippen MR) is 84.9 cm³/mol. The van der Waals surface area contributed by atoms with Gasteiger partial charge >= 0.3 is 0 Å². The van der Waals surface area contributed by atoms with Gasteiger partial charge in [-0.3, -0.25) is 4.79 Å². The summed E-state index contributed by atoms with van der Waals surface area (Å²) in [6.07, 6.45) is 0. The highest BCUT2D eigenvalue weighted by Gasteiger charge is 2.17. The van der Waals surface area contributed by atoms with Crippen molar-refractivity contribution in [3.63, 3.8) is 0 Å². The number of ether oxygens (including phenoxy) is 3. The van der Waals surface area contributed by atoms with Crippen molar-refractivity contribution < 1.29 is 23.4 Å². The topological polar surface area (TPSA) is 82.8 Å². The number of nitrogen functional groups attached to an aromatic ring is 1. The quantitative estimate of drug-likeness (QED) is 0.828. The Bertz CT molecular complexity index is 709. The Morgan fingerprint density at radius 1 is 1.04 bits per heavy atom. The smallest absolute Gasteiger partial charge is 0.255 e. The first-order chi connectivity index (χ1) is 11.0. The zero-order chi connectivity index (χ0) is 17.0. The average Bonchev–Trinajstić information content (AvgIpc) is 2.56. The van der Waals surface area contributed by atoms with Crippen LogP contribution in [0.4, 0.5) is 15.8 Å². The Kier molecular flexibility index (Phi) is 4.90. The number of benzene rings is 2. The fourth-order valence-corrected chi connectivity index (χ4v) is 2.02. The van der Waals surface area contributed by atoms with Crippen LogP contribution in [-0.2, 0) is 0 Å². The zero-order valence-corrected chi connectivity index (χ0v) is 13.0. The van der Waals surface area contributed by atoms with Crippen LogP contribution >= 0.6 is 0 Å². The molecule has 0 aliphatic carbocycles. The summed E-state index contributed by atoms with van der Waals surface area (Å²) in [6.45, 7) is 0. The average molecular weight is 320 g/mol. The maximum Gasteiger partial charge on any atom is 0.255 e. The fraction of sp³-hybridized carbons (Fsp3) is 0.188. The van der Waals surface area contributed by atoms with Crippen LogP contribution in [0.25, 0.3) is 0 Å². The number of carbonyl (C=O) groups is 1. The molecule has 0 radical (unpaired) electrons. The molecule has 0 saturated heterocycles. The molecule has 6 nitrogen and oxygen atoms in total. The molecule has 1 amide bonds. The van der Waals surface area contributed by atoms with E-state index in [1.54, 1.807) is 0 Å². The van der Waals surface area contributed by atoms with Crippen molar-refractivity contribution in [2.45, 2.75) is 0 Å². The van der Waals surface area contributed by atoms with E-state index in [2.05, 4.69) is 5.32 Å². The highest BCUT2D eigenvalue weighted by atomic mass is 19.1. The van der Waals surface area contributed by atoms with Crippen LogP contribution in [0, 0.1) is 5.82 Å². The van der Waals surface area contributed by atoms with Gasteiger partial charge in [0.2, 0.25) is 5.75 Å². The molecule has 2 aromatic carbocycles. The van der Waals surface area contributed by atoms with Crippen LogP contribution in [0.3, 0.4) is 0 Å². The predicted octanol–water partition coefficient (Wildman–Crippen LogP) is 2.69. The molecule has 2 aromatic rings. The van der Waals surface area contributed by atoms with E-state index in [1.165, 1.54) is 45.6 Å². The second kappa shape index (κ2) is 6.87. The number of rotatable bonds is 5. The van der Waals surface area contributed by atoms with Gasteiger partial charge in [0, 0.05) is 11.3 Å². The van der Waals surface area contributed by atoms with E-state index in [4.69, 9.17) is 19.9 Å². The van der Waals surface area contributed by atoms with Crippen molar-refractivity contribution in [1.29, 1.82) is 0 Å². The Balaban J connectivity index is 2.33. The molecule has 0 bridgehead atoms. The molecule has 0 heterocycles. The molecule has 0 saturated carbocycles. The molecule has 0 unspecified atom stereocenters. The van der Waals surface area contributed by atoms with E-state index in [-0.39, 0.29) is 16.9 Å². The van der Waals surface area contributed by atoms with Gasteiger partial charge in [-0.15, -0.1) is 0 Å². The van der Waals surface area contributed by atoms with Gasteiger partial charge in [-0.2, -0.15) is 0 Å². The third-order valence-electron chi connectivity index (χ3n) is 3.19. The molecule has 2 rings (SSSR count).